The summed E-state index contributed by atoms with van der Waals surface area (Å²) in [5, 5.41) is 11.4. The lowest BCUT2D eigenvalue weighted by Crippen LogP contribution is -2.45. The van der Waals surface area contributed by atoms with Crippen LogP contribution < -0.4 is 20.7 Å². The molecule has 1 aliphatic carbocycles. The standard InChI is InChI=1S/C60H49N5O/c1-2-3-18-39-29-32-50-54(35-39)66-55-37-44(53-38-52(40-19-8-4-9-20-40)61-56(62-53)41-21-10-5-11-22-41)30-34-51(55)60(50)48-28-17-16-27-46(48)47-36-45(31-33-49(47)60)59-64-57(42-23-12-6-13-24-42)63-58(65-59)43-25-14-7-15-26-43/h4-17,19-38,53,57,59,64H,2-3,18H2,1H3,(H,61,62)(H,63,65). The molecular formula is C60H49N5O. The van der Waals surface area contributed by atoms with Gasteiger partial charge in [-0.15, -0.1) is 0 Å². The molecule has 3 N–H and O–H groups in total. The minimum Gasteiger partial charge on any atom is -0.457 e. The van der Waals surface area contributed by atoms with Crippen LogP contribution in [0.1, 0.15) is 99.3 Å². The van der Waals surface area contributed by atoms with E-state index >= 15 is 0 Å². The molecule has 3 heterocycles. The average molecular weight is 856 g/mol. The Morgan fingerprint density at radius 1 is 0.515 bits per heavy atom. The summed E-state index contributed by atoms with van der Waals surface area (Å²) in [6, 6.07) is 71.5. The number of rotatable bonds is 9. The van der Waals surface area contributed by atoms with E-state index in [1.165, 1.54) is 33.4 Å². The van der Waals surface area contributed by atoms with Crippen LogP contribution in [-0.4, -0.2) is 11.7 Å². The van der Waals surface area contributed by atoms with Gasteiger partial charge < -0.3 is 15.4 Å². The minimum atomic E-state index is -0.618. The molecule has 0 bridgehead atoms. The molecular weight excluding hydrogens is 807 g/mol. The van der Waals surface area contributed by atoms with Gasteiger partial charge in [-0.25, -0.2) is 9.98 Å². The molecule has 0 fully saturated rings. The Morgan fingerprint density at radius 3 is 1.86 bits per heavy atom. The van der Waals surface area contributed by atoms with E-state index in [-0.39, 0.29) is 18.4 Å². The summed E-state index contributed by atoms with van der Waals surface area (Å²) >= 11 is 0. The van der Waals surface area contributed by atoms with Crippen LogP contribution in [0.2, 0.25) is 0 Å². The van der Waals surface area contributed by atoms with Crippen LogP contribution in [0.15, 0.2) is 216 Å². The summed E-state index contributed by atoms with van der Waals surface area (Å²) < 4.78 is 7.18. The summed E-state index contributed by atoms with van der Waals surface area (Å²) in [6.07, 6.45) is 5.08. The van der Waals surface area contributed by atoms with Crippen LogP contribution in [0.25, 0.3) is 16.8 Å². The van der Waals surface area contributed by atoms with Crippen molar-refractivity contribution >= 4 is 17.4 Å². The number of unbranched alkanes of at least 4 members (excludes halogenated alkanes) is 1. The minimum absolute atomic E-state index is 0.153. The van der Waals surface area contributed by atoms with E-state index in [0.29, 0.717) is 0 Å². The van der Waals surface area contributed by atoms with Gasteiger partial charge in [-0.2, -0.15) is 0 Å². The number of benzene rings is 8. The molecule has 4 atom stereocenters. The fourth-order valence-corrected chi connectivity index (χ4v) is 10.5. The number of ether oxygens (including phenoxy) is 1. The van der Waals surface area contributed by atoms with Gasteiger partial charge in [-0.1, -0.05) is 195 Å². The molecule has 0 saturated carbocycles. The zero-order valence-electron chi connectivity index (χ0n) is 36.8. The number of hydrogen-bond donors (Lipinski definition) is 3. The Labute approximate surface area is 386 Å². The molecule has 3 aliphatic heterocycles. The second kappa shape index (κ2) is 16.6. The maximum Gasteiger partial charge on any atom is 0.134 e. The first-order valence-electron chi connectivity index (χ1n) is 23.2. The Balaban J connectivity index is 1.000. The van der Waals surface area contributed by atoms with Crippen molar-refractivity contribution in [2.75, 3.05) is 0 Å². The van der Waals surface area contributed by atoms with Crippen molar-refractivity contribution in [3.8, 4) is 22.6 Å². The predicted octanol–water partition coefficient (Wildman–Crippen LogP) is 13.0. The smallest absolute Gasteiger partial charge is 0.134 e. The lowest BCUT2D eigenvalue weighted by molar-refractivity contribution is 0.409. The highest BCUT2D eigenvalue weighted by Gasteiger charge is 2.51. The third kappa shape index (κ3) is 6.84. The summed E-state index contributed by atoms with van der Waals surface area (Å²) in [5.74, 6) is 3.49. The monoisotopic (exact) mass is 855 g/mol. The van der Waals surface area contributed by atoms with Crippen LogP contribution in [-0.2, 0) is 11.8 Å². The molecule has 1 spiro atoms. The summed E-state index contributed by atoms with van der Waals surface area (Å²) in [4.78, 5) is 10.4. The fraction of sp³-hybridized carbons (Fsp3) is 0.133. The van der Waals surface area contributed by atoms with Crippen LogP contribution in [0.3, 0.4) is 0 Å². The van der Waals surface area contributed by atoms with Gasteiger partial charge in [0.25, 0.3) is 0 Å². The van der Waals surface area contributed by atoms with Gasteiger partial charge in [-0.3, -0.25) is 5.32 Å². The van der Waals surface area contributed by atoms with Crippen molar-refractivity contribution in [1.82, 2.24) is 16.0 Å². The molecule has 4 aliphatic rings. The first-order valence-corrected chi connectivity index (χ1v) is 23.2. The van der Waals surface area contributed by atoms with Crippen LogP contribution in [0, 0.1) is 0 Å². The van der Waals surface area contributed by atoms with E-state index in [1.807, 2.05) is 18.2 Å². The van der Waals surface area contributed by atoms with E-state index in [0.717, 1.165) is 87.1 Å². The SMILES string of the molecule is CCCCc1ccc2c(c1)Oc1cc(C3C=C(c4ccccc4)N=C(c4ccccc4)N3)ccc1C21c2ccccc2-c2cc(C3NC(c4ccccc4)=NC(c4ccccc4)N3)ccc21. The van der Waals surface area contributed by atoms with Crippen molar-refractivity contribution in [3.63, 3.8) is 0 Å². The average Bonchev–Trinajstić information content (AvgIpc) is 3.68. The predicted molar refractivity (Wildman–Crippen MR) is 267 cm³/mol. The molecule has 8 aromatic rings. The first kappa shape index (κ1) is 39.8. The van der Waals surface area contributed by atoms with E-state index < -0.39 is 5.41 Å². The topological polar surface area (TPSA) is 70.0 Å². The third-order valence-electron chi connectivity index (χ3n) is 13.7. The molecule has 0 saturated heterocycles. The quantitative estimate of drug-likeness (QED) is 0.135. The lowest BCUT2D eigenvalue weighted by atomic mass is 9.65. The summed E-state index contributed by atoms with van der Waals surface area (Å²) in [5.41, 5.74) is 15.4. The van der Waals surface area contributed by atoms with Crippen LogP contribution in [0.5, 0.6) is 11.5 Å². The molecule has 0 radical (unpaired) electrons. The lowest BCUT2D eigenvalue weighted by Gasteiger charge is -2.40. The normalized spacial score (nSPS) is 20.0. The van der Waals surface area contributed by atoms with Crippen molar-refractivity contribution in [2.45, 2.75) is 50.0 Å². The van der Waals surface area contributed by atoms with E-state index in [9.17, 15) is 0 Å². The van der Waals surface area contributed by atoms with Gasteiger partial charge in [0.05, 0.1) is 17.2 Å². The van der Waals surface area contributed by atoms with Gasteiger partial charge in [-0.05, 0) is 87.2 Å². The van der Waals surface area contributed by atoms with E-state index in [1.54, 1.807) is 0 Å². The highest BCUT2D eigenvalue weighted by atomic mass is 16.5. The Bertz CT molecular complexity index is 3200. The highest BCUT2D eigenvalue weighted by molar-refractivity contribution is 6.03. The summed E-state index contributed by atoms with van der Waals surface area (Å²) in [6.45, 7) is 2.25. The molecule has 0 amide bonds. The van der Waals surface area contributed by atoms with E-state index in [4.69, 9.17) is 14.7 Å². The maximum absolute atomic E-state index is 7.18. The molecule has 0 aromatic heterocycles. The number of hydrogen-bond acceptors (Lipinski definition) is 6. The van der Waals surface area contributed by atoms with Crippen molar-refractivity contribution < 1.29 is 4.74 Å². The van der Waals surface area contributed by atoms with Gasteiger partial charge in [0.2, 0.25) is 0 Å². The van der Waals surface area contributed by atoms with Crippen molar-refractivity contribution in [1.29, 1.82) is 0 Å². The zero-order chi connectivity index (χ0) is 44.0. The van der Waals surface area contributed by atoms with Crippen molar-refractivity contribution in [3.05, 3.63) is 267 Å². The largest absolute Gasteiger partial charge is 0.457 e. The Kier molecular flexibility index (Phi) is 10.0. The molecule has 12 rings (SSSR count). The van der Waals surface area contributed by atoms with Gasteiger partial charge >= 0.3 is 0 Å². The number of fused-ring (bicyclic) bond motifs is 9. The second-order valence-corrected chi connectivity index (χ2v) is 17.7. The Hall–Kier alpha value is -7.80. The molecule has 8 aromatic carbocycles. The van der Waals surface area contributed by atoms with Crippen LogP contribution in [0.4, 0.5) is 0 Å². The number of amidine groups is 2. The van der Waals surface area contributed by atoms with Gasteiger partial charge in [0.15, 0.2) is 0 Å². The molecule has 320 valence electrons. The number of nitrogens with one attached hydrogen (secondary N) is 3. The zero-order valence-corrected chi connectivity index (χ0v) is 36.8. The first-order chi connectivity index (χ1) is 32.6. The molecule has 6 heteroatoms. The summed E-state index contributed by atoms with van der Waals surface area (Å²) in [7, 11) is 0. The van der Waals surface area contributed by atoms with Crippen LogP contribution >= 0.6 is 0 Å². The second-order valence-electron chi connectivity index (χ2n) is 17.7. The molecule has 66 heavy (non-hydrogen) atoms. The highest BCUT2D eigenvalue weighted by Crippen LogP contribution is 2.62. The molecule has 4 unspecified atom stereocenters. The van der Waals surface area contributed by atoms with Crippen molar-refractivity contribution in [2.24, 2.45) is 9.98 Å². The number of aliphatic imine (C=N–C) groups is 2. The maximum atomic E-state index is 7.18. The Morgan fingerprint density at radius 2 is 1.12 bits per heavy atom. The number of nitrogens with zero attached hydrogens (tertiary/aromatic N) is 2. The van der Waals surface area contributed by atoms with Gasteiger partial charge in [0.1, 0.15) is 35.5 Å². The third-order valence-corrected chi connectivity index (χ3v) is 13.7. The number of aryl methyl sites for hydroxylation is 1. The molecule has 6 nitrogen and oxygen atoms in total. The fourth-order valence-electron chi connectivity index (χ4n) is 10.5. The van der Waals surface area contributed by atoms with E-state index in [2.05, 4.69) is 211 Å². The van der Waals surface area contributed by atoms with Gasteiger partial charge in [0, 0.05) is 22.3 Å².